The van der Waals surface area contributed by atoms with Gasteiger partial charge in [-0.1, -0.05) is 42.5 Å². The van der Waals surface area contributed by atoms with E-state index in [1.165, 1.54) is 6.92 Å². The van der Waals surface area contributed by atoms with Gasteiger partial charge in [0.05, 0.1) is 0 Å². The molecule has 4 heteroatoms. The maximum absolute atomic E-state index is 12.6. The fourth-order valence-corrected chi connectivity index (χ4v) is 2.45. The van der Waals surface area contributed by atoms with E-state index in [4.69, 9.17) is 0 Å². The molecule has 2 aromatic rings. The summed E-state index contributed by atoms with van der Waals surface area (Å²) in [4.78, 5) is 24.1. The van der Waals surface area contributed by atoms with Crippen molar-refractivity contribution in [2.24, 2.45) is 0 Å². The molecule has 1 atom stereocenters. The van der Waals surface area contributed by atoms with Crippen LogP contribution in [0.5, 0.6) is 0 Å². The number of carbonyl (C=O) groups excluding carboxylic acids is 2. The number of Topliss-reactive ketones (excluding diaryl/α,β-unsaturated/α-hetero) is 1. The normalized spacial score (nSPS) is 14.8. The van der Waals surface area contributed by atoms with E-state index in [0.717, 1.165) is 24.1 Å². The van der Waals surface area contributed by atoms with Crippen molar-refractivity contribution in [1.29, 1.82) is 0 Å². The highest BCUT2D eigenvalue weighted by Gasteiger charge is 2.28. The fraction of sp³-hybridized carbons (Fsp3) is 0.263. The molecule has 0 bridgehead atoms. The zero-order chi connectivity index (χ0) is 16.2. The van der Waals surface area contributed by atoms with Crippen LogP contribution in [-0.2, 0) is 4.79 Å². The number of hydrogen-bond donors (Lipinski definition) is 2. The highest BCUT2D eigenvalue weighted by atomic mass is 16.2. The molecule has 1 aliphatic rings. The van der Waals surface area contributed by atoms with Gasteiger partial charge in [-0.25, -0.2) is 0 Å². The Morgan fingerprint density at radius 2 is 1.78 bits per heavy atom. The Morgan fingerprint density at radius 1 is 1.04 bits per heavy atom. The number of hydrogen-bond acceptors (Lipinski definition) is 3. The van der Waals surface area contributed by atoms with Crippen molar-refractivity contribution in [3.63, 3.8) is 0 Å². The minimum atomic E-state index is -0.473. The van der Waals surface area contributed by atoms with Crippen LogP contribution in [0, 0.1) is 0 Å². The van der Waals surface area contributed by atoms with Crippen molar-refractivity contribution in [1.82, 2.24) is 5.32 Å². The fourth-order valence-electron chi connectivity index (χ4n) is 2.45. The predicted molar refractivity (Wildman–Crippen MR) is 90.4 cm³/mol. The van der Waals surface area contributed by atoms with Gasteiger partial charge in [0.2, 0.25) is 5.91 Å². The maximum atomic E-state index is 12.6. The highest BCUT2D eigenvalue weighted by molar-refractivity contribution is 5.95. The molecular weight excluding hydrogens is 288 g/mol. The number of amides is 1. The van der Waals surface area contributed by atoms with E-state index in [1.54, 1.807) is 12.1 Å². The predicted octanol–water partition coefficient (Wildman–Crippen LogP) is 3.32. The van der Waals surface area contributed by atoms with Gasteiger partial charge in [0.1, 0.15) is 6.04 Å². The average molecular weight is 308 g/mol. The number of anilines is 1. The summed E-state index contributed by atoms with van der Waals surface area (Å²) in [5.41, 5.74) is 2.29. The van der Waals surface area contributed by atoms with Crippen LogP contribution in [0.15, 0.2) is 54.6 Å². The topological polar surface area (TPSA) is 58.2 Å². The number of carbonyl (C=O) groups is 2. The van der Waals surface area contributed by atoms with Gasteiger partial charge in [0.25, 0.3) is 0 Å². The van der Waals surface area contributed by atoms with Crippen LogP contribution in [0.2, 0.25) is 0 Å². The van der Waals surface area contributed by atoms with Gasteiger partial charge in [0, 0.05) is 17.3 Å². The lowest BCUT2D eigenvalue weighted by molar-refractivity contribution is -0.122. The van der Waals surface area contributed by atoms with Crippen LogP contribution in [0.3, 0.4) is 0 Å². The van der Waals surface area contributed by atoms with Gasteiger partial charge < -0.3 is 10.6 Å². The Labute approximate surface area is 135 Å². The minimum Gasteiger partial charge on any atom is -0.370 e. The summed E-state index contributed by atoms with van der Waals surface area (Å²) < 4.78 is 0. The van der Waals surface area contributed by atoms with Gasteiger partial charge in [-0.05, 0) is 37.5 Å². The monoisotopic (exact) mass is 308 g/mol. The third kappa shape index (κ3) is 3.97. The van der Waals surface area contributed by atoms with E-state index >= 15 is 0 Å². The zero-order valence-corrected chi connectivity index (χ0v) is 13.1. The molecule has 3 rings (SSSR count). The lowest BCUT2D eigenvalue weighted by Crippen LogP contribution is -2.34. The molecule has 1 fully saturated rings. The summed E-state index contributed by atoms with van der Waals surface area (Å²) >= 11 is 0. The first-order valence-electron chi connectivity index (χ1n) is 7.86. The van der Waals surface area contributed by atoms with Crippen LogP contribution in [0.4, 0.5) is 5.69 Å². The molecule has 0 aliphatic heterocycles. The van der Waals surface area contributed by atoms with Gasteiger partial charge >= 0.3 is 0 Å². The third-order valence-electron chi connectivity index (χ3n) is 3.90. The lowest BCUT2D eigenvalue weighted by atomic mass is 10.0. The van der Waals surface area contributed by atoms with Crippen molar-refractivity contribution in [3.05, 3.63) is 65.7 Å². The lowest BCUT2D eigenvalue weighted by Gasteiger charge is -2.20. The molecule has 23 heavy (non-hydrogen) atoms. The first kappa shape index (κ1) is 15.3. The quantitative estimate of drug-likeness (QED) is 0.805. The average Bonchev–Trinajstić information content (AvgIpc) is 3.37. The van der Waals surface area contributed by atoms with Crippen LogP contribution in [-0.4, -0.2) is 17.7 Å². The van der Waals surface area contributed by atoms with Crippen molar-refractivity contribution < 1.29 is 9.59 Å². The Bertz CT molecular complexity index is 708. The molecule has 2 aromatic carbocycles. The number of benzene rings is 2. The molecule has 4 nitrogen and oxygen atoms in total. The molecular formula is C19H20N2O2. The van der Waals surface area contributed by atoms with Gasteiger partial charge in [0.15, 0.2) is 5.78 Å². The first-order valence-corrected chi connectivity index (χ1v) is 7.86. The molecule has 1 amide bonds. The molecule has 0 heterocycles. The second-order valence-electron chi connectivity index (χ2n) is 5.91. The molecule has 0 aromatic heterocycles. The van der Waals surface area contributed by atoms with Crippen LogP contribution < -0.4 is 10.6 Å². The number of nitrogens with one attached hydrogen (secondary N) is 2. The van der Waals surface area contributed by atoms with E-state index in [9.17, 15) is 9.59 Å². The summed E-state index contributed by atoms with van der Waals surface area (Å²) in [5.74, 6) is -0.0285. The summed E-state index contributed by atoms with van der Waals surface area (Å²) in [7, 11) is 0. The van der Waals surface area contributed by atoms with Crippen molar-refractivity contribution in [3.8, 4) is 0 Å². The molecule has 0 radical (unpaired) electrons. The molecule has 0 unspecified atom stereocenters. The number of rotatable bonds is 6. The van der Waals surface area contributed by atoms with Crippen molar-refractivity contribution in [2.75, 3.05) is 5.32 Å². The Morgan fingerprint density at radius 3 is 2.43 bits per heavy atom. The third-order valence-corrected chi connectivity index (χ3v) is 3.90. The van der Waals surface area contributed by atoms with E-state index in [1.807, 2.05) is 42.5 Å². The van der Waals surface area contributed by atoms with E-state index in [2.05, 4.69) is 10.6 Å². The van der Waals surface area contributed by atoms with Gasteiger partial charge in [-0.15, -0.1) is 0 Å². The first-order chi connectivity index (χ1) is 11.1. The van der Waals surface area contributed by atoms with Gasteiger partial charge in [-0.3, -0.25) is 9.59 Å². The standard InChI is InChI=1S/C19H20N2O2/c1-13(22)15-8-5-9-17(12-15)20-18(14-6-3-2-4-7-14)19(23)21-16-10-11-16/h2-9,12,16,18,20H,10-11H2,1H3,(H,21,23)/t18-/m1/s1. The molecule has 1 aliphatic carbocycles. The molecule has 0 spiro atoms. The summed E-state index contributed by atoms with van der Waals surface area (Å²) in [6.45, 7) is 1.54. The van der Waals surface area contributed by atoms with Crippen LogP contribution >= 0.6 is 0 Å². The minimum absolute atomic E-state index is 0.00680. The van der Waals surface area contributed by atoms with E-state index in [-0.39, 0.29) is 11.7 Å². The maximum Gasteiger partial charge on any atom is 0.247 e. The largest absolute Gasteiger partial charge is 0.370 e. The van der Waals surface area contributed by atoms with Crippen LogP contribution in [0.1, 0.15) is 41.7 Å². The Kier molecular flexibility index (Phi) is 4.42. The van der Waals surface area contributed by atoms with E-state index in [0.29, 0.717) is 11.6 Å². The summed E-state index contributed by atoms with van der Waals surface area (Å²) in [5, 5.41) is 6.30. The summed E-state index contributed by atoms with van der Waals surface area (Å²) in [6, 6.07) is 16.7. The Hall–Kier alpha value is -2.62. The van der Waals surface area contributed by atoms with Gasteiger partial charge in [-0.2, -0.15) is 0 Å². The molecule has 1 saturated carbocycles. The molecule has 118 valence electrons. The smallest absolute Gasteiger partial charge is 0.247 e. The Balaban J connectivity index is 1.84. The second-order valence-corrected chi connectivity index (χ2v) is 5.91. The number of ketones is 1. The zero-order valence-electron chi connectivity index (χ0n) is 13.1. The second kappa shape index (κ2) is 6.65. The summed E-state index contributed by atoms with van der Waals surface area (Å²) in [6.07, 6.45) is 2.10. The van der Waals surface area contributed by atoms with Crippen molar-refractivity contribution >= 4 is 17.4 Å². The molecule has 0 saturated heterocycles. The molecule has 2 N–H and O–H groups in total. The highest BCUT2D eigenvalue weighted by Crippen LogP contribution is 2.24. The van der Waals surface area contributed by atoms with Crippen molar-refractivity contribution in [2.45, 2.75) is 31.8 Å². The SMILES string of the molecule is CC(=O)c1cccc(N[C@@H](C(=O)NC2CC2)c2ccccc2)c1. The van der Waals surface area contributed by atoms with Crippen LogP contribution in [0.25, 0.3) is 0 Å². The van der Waals surface area contributed by atoms with E-state index < -0.39 is 6.04 Å².